The number of ether oxygens (including phenoxy) is 1. The number of rotatable bonds is 1. The van der Waals surface area contributed by atoms with Crippen LogP contribution in [0.5, 0.6) is 5.75 Å². The van der Waals surface area contributed by atoms with Crippen molar-refractivity contribution in [2.24, 2.45) is 17.3 Å². The van der Waals surface area contributed by atoms with Gasteiger partial charge in [-0.05, 0) is 72.6 Å². The van der Waals surface area contributed by atoms with Gasteiger partial charge < -0.3 is 14.9 Å². The van der Waals surface area contributed by atoms with Crippen LogP contribution in [-0.2, 0) is 6.42 Å². The van der Waals surface area contributed by atoms with Crippen LogP contribution in [0.25, 0.3) is 0 Å². The minimum Gasteiger partial charge on any atom is -0.497 e. The monoisotopic (exact) mass is 304 g/mol. The van der Waals surface area contributed by atoms with Crippen LogP contribution in [0.2, 0.25) is 0 Å². The van der Waals surface area contributed by atoms with Crippen LogP contribution in [0.3, 0.4) is 0 Å². The van der Waals surface area contributed by atoms with Crippen molar-refractivity contribution in [3.8, 4) is 5.75 Å². The van der Waals surface area contributed by atoms with E-state index in [4.69, 9.17) is 4.74 Å². The maximum absolute atomic E-state index is 10.9. The molecule has 6 atom stereocenters. The molecule has 1 aromatic rings. The molecule has 0 spiro atoms. The summed E-state index contributed by atoms with van der Waals surface area (Å²) in [6.45, 7) is 2.19. The van der Waals surface area contributed by atoms with Gasteiger partial charge in [-0.2, -0.15) is 0 Å². The SMILES string of the molecule is COc1ccc2c([14cH]1)CC[C@@H]1[C@@H]2[C@H](O)C[C@]2(C)[C@H](O)CC[C@@H]12. The zero-order valence-electron chi connectivity index (χ0n) is 13.5. The van der Waals surface area contributed by atoms with Crippen molar-refractivity contribution in [2.45, 2.75) is 57.2 Å². The van der Waals surface area contributed by atoms with Gasteiger partial charge in [-0.3, -0.25) is 0 Å². The minimum atomic E-state index is -0.341. The van der Waals surface area contributed by atoms with Gasteiger partial charge in [0.05, 0.1) is 19.3 Å². The summed E-state index contributed by atoms with van der Waals surface area (Å²) < 4.78 is 5.35. The van der Waals surface area contributed by atoms with Crippen molar-refractivity contribution in [2.75, 3.05) is 7.11 Å². The lowest BCUT2D eigenvalue weighted by atomic mass is 9.55. The number of benzene rings is 1. The molecule has 120 valence electrons. The van der Waals surface area contributed by atoms with Crippen molar-refractivity contribution in [3.05, 3.63) is 29.3 Å². The Morgan fingerprint density at radius 2 is 2.05 bits per heavy atom. The normalized spacial score (nSPS) is 43.2. The van der Waals surface area contributed by atoms with Crippen molar-refractivity contribution >= 4 is 0 Å². The van der Waals surface area contributed by atoms with E-state index >= 15 is 0 Å². The summed E-state index contributed by atoms with van der Waals surface area (Å²) >= 11 is 0. The molecule has 3 aliphatic carbocycles. The fourth-order valence-corrected chi connectivity index (χ4v) is 5.74. The molecule has 0 saturated heterocycles. The van der Waals surface area contributed by atoms with E-state index in [0.717, 1.165) is 37.9 Å². The lowest BCUT2D eigenvalue weighted by Crippen LogP contribution is -2.50. The number of hydrogen-bond donors (Lipinski definition) is 2. The van der Waals surface area contributed by atoms with Crippen LogP contribution in [0.15, 0.2) is 18.2 Å². The second-order valence-electron chi connectivity index (χ2n) is 7.77. The zero-order valence-corrected chi connectivity index (χ0v) is 13.5. The molecule has 3 heteroatoms. The summed E-state index contributed by atoms with van der Waals surface area (Å²) in [6, 6.07) is 6.31. The van der Waals surface area contributed by atoms with E-state index in [9.17, 15) is 10.2 Å². The van der Waals surface area contributed by atoms with Gasteiger partial charge >= 0.3 is 0 Å². The molecule has 0 aliphatic heterocycles. The van der Waals surface area contributed by atoms with Crippen LogP contribution in [0.4, 0.5) is 0 Å². The molecule has 0 unspecified atom stereocenters. The number of aliphatic hydroxyl groups excluding tert-OH is 2. The van der Waals surface area contributed by atoms with E-state index in [2.05, 4.69) is 19.1 Å². The molecule has 2 N–H and O–H groups in total. The Bertz CT molecular complexity index is 584. The smallest absolute Gasteiger partial charge is 0.119 e. The van der Waals surface area contributed by atoms with E-state index in [1.165, 1.54) is 11.1 Å². The molecule has 0 bridgehead atoms. The van der Waals surface area contributed by atoms with Crippen molar-refractivity contribution in [3.63, 3.8) is 0 Å². The molecular weight excluding hydrogens is 278 g/mol. The van der Waals surface area contributed by atoms with E-state index in [0.29, 0.717) is 11.8 Å². The van der Waals surface area contributed by atoms with Gasteiger partial charge in [0, 0.05) is 5.92 Å². The highest BCUT2D eigenvalue weighted by molar-refractivity contribution is 5.41. The highest BCUT2D eigenvalue weighted by atomic mass is 16.5. The van der Waals surface area contributed by atoms with Crippen LogP contribution in [0.1, 0.15) is 49.7 Å². The molecule has 0 heterocycles. The number of hydrogen-bond acceptors (Lipinski definition) is 3. The maximum atomic E-state index is 10.9. The Morgan fingerprint density at radius 1 is 1.23 bits per heavy atom. The Balaban J connectivity index is 1.73. The summed E-state index contributed by atoms with van der Waals surface area (Å²) in [7, 11) is 1.70. The second kappa shape index (κ2) is 4.97. The molecular formula is C19H26O3. The third-order valence-electron chi connectivity index (χ3n) is 6.86. The second-order valence-corrected chi connectivity index (χ2v) is 7.77. The predicted octanol–water partition coefficient (Wildman–Crippen LogP) is 2.88. The standard InChI is InChI=1S/C19H26O3/c1-19-10-16(20)18-13-6-4-12(22-2)9-11(13)3-5-14(18)15(19)7-8-17(19)21/h4,6,9,14-18,20-21H,3,5,7-8,10H2,1-2H3/t14-,15-,16+,17+,18+,19-/m0/s1/i9+2. The fraction of sp³-hybridized carbons (Fsp3) is 0.684. The summed E-state index contributed by atoms with van der Waals surface area (Å²) in [6.07, 6.45) is 4.32. The van der Waals surface area contributed by atoms with Crippen LogP contribution in [0, 0.1) is 17.3 Å². The number of fused-ring (bicyclic) bond motifs is 5. The average molecular weight is 304 g/mol. The van der Waals surface area contributed by atoms with Gasteiger partial charge in [0.2, 0.25) is 0 Å². The first-order chi connectivity index (χ1) is 10.5. The van der Waals surface area contributed by atoms with Gasteiger partial charge in [0.15, 0.2) is 0 Å². The molecule has 2 saturated carbocycles. The lowest BCUT2D eigenvalue weighted by molar-refractivity contribution is -0.0798. The largest absolute Gasteiger partial charge is 0.497 e. The number of aliphatic hydroxyl groups is 2. The van der Waals surface area contributed by atoms with Crippen molar-refractivity contribution in [1.82, 2.24) is 0 Å². The quantitative estimate of drug-likeness (QED) is 0.839. The fourth-order valence-electron chi connectivity index (χ4n) is 5.74. The van der Waals surface area contributed by atoms with Gasteiger partial charge in [0.1, 0.15) is 5.75 Å². The molecule has 4 rings (SSSR count). The number of methoxy groups -OCH3 is 1. The van der Waals surface area contributed by atoms with E-state index in [1.54, 1.807) is 7.11 Å². The zero-order chi connectivity index (χ0) is 15.5. The Hall–Kier alpha value is -1.06. The van der Waals surface area contributed by atoms with Crippen LogP contribution in [-0.4, -0.2) is 29.5 Å². The lowest BCUT2D eigenvalue weighted by Gasteiger charge is -2.52. The third kappa shape index (κ3) is 1.88. The van der Waals surface area contributed by atoms with Gasteiger partial charge in [-0.25, -0.2) is 0 Å². The first kappa shape index (κ1) is 14.5. The van der Waals surface area contributed by atoms with Gasteiger partial charge in [0.25, 0.3) is 0 Å². The van der Waals surface area contributed by atoms with Crippen molar-refractivity contribution in [1.29, 1.82) is 0 Å². The molecule has 3 aliphatic rings. The number of aryl methyl sites for hydroxylation is 1. The average Bonchev–Trinajstić information content (AvgIpc) is 2.81. The third-order valence-corrected chi connectivity index (χ3v) is 6.86. The molecule has 0 amide bonds. The molecule has 22 heavy (non-hydrogen) atoms. The predicted molar refractivity (Wildman–Crippen MR) is 85.0 cm³/mol. The Morgan fingerprint density at radius 3 is 2.82 bits per heavy atom. The molecule has 1 aromatic carbocycles. The minimum absolute atomic E-state index is 0.0927. The summed E-state index contributed by atoms with van der Waals surface area (Å²) in [5.74, 6) is 2.19. The Kier molecular flexibility index (Phi) is 3.28. The van der Waals surface area contributed by atoms with Crippen LogP contribution >= 0.6 is 0 Å². The topological polar surface area (TPSA) is 49.7 Å². The molecule has 0 radical (unpaired) electrons. The highest BCUT2D eigenvalue weighted by Gasteiger charge is 2.57. The summed E-state index contributed by atoms with van der Waals surface area (Å²) in [5.41, 5.74) is 2.56. The van der Waals surface area contributed by atoms with Gasteiger partial charge in [-0.1, -0.05) is 13.0 Å². The highest BCUT2D eigenvalue weighted by Crippen LogP contribution is 2.60. The summed E-state index contributed by atoms with van der Waals surface area (Å²) in [5, 5.41) is 21.3. The Labute approximate surface area is 132 Å². The summed E-state index contributed by atoms with van der Waals surface area (Å²) in [4.78, 5) is 0. The van der Waals surface area contributed by atoms with Crippen molar-refractivity contribution < 1.29 is 14.9 Å². The molecule has 3 nitrogen and oxygen atoms in total. The van der Waals surface area contributed by atoms with Crippen LogP contribution < -0.4 is 4.74 Å². The van der Waals surface area contributed by atoms with E-state index in [-0.39, 0.29) is 23.5 Å². The van der Waals surface area contributed by atoms with E-state index in [1.807, 2.05) is 6.07 Å². The first-order valence-electron chi connectivity index (χ1n) is 8.57. The molecule has 0 aromatic heterocycles. The van der Waals surface area contributed by atoms with E-state index < -0.39 is 0 Å². The first-order valence-corrected chi connectivity index (χ1v) is 8.57. The molecule has 2 fully saturated rings. The maximum Gasteiger partial charge on any atom is 0.119 e. The van der Waals surface area contributed by atoms with Gasteiger partial charge in [-0.15, -0.1) is 0 Å².